The number of nitriles is 1. The van der Waals surface area contributed by atoms with Crippen LogP contribution in [0.1, 0.15) is 43.1 Å². The maximum absolute atomic E-state index is 9.44. The minimum Gasteiger partial charge on any atom is -0.369 e. The van der Waals surface area contributed by atoms with Crippen molar-refractivity contribution < 1.29 is 0 Å². The Hall–Kier alpha value is -1.60. The molecule has 4 heteroatoms. The number of pyridine rings is 1. The van der Waals surface area contributed by atoms with Crippen LogP contribution in [0.4, 0.5) is 5.69 Å². The fourth-order valence-corrected chi connectivity index (χ4v) is 2.95. The van der Waals surface area contributed by atoms with E-state index in [4.69, 9.17) is 0 Å². The van der Waals surface area contributed by atoms with Crippen LogP contribution in [0.25, 0.3) is 0 Å². The first-order chi connectivity index (χ1) is 9.65. The third-order valence-corrected chi connectivity index (χ3v) is 3.86. The Morgan fingerprint density at radius 2 is 2.30 bits per heavy atom. The molecular weight excluding hydrogens is 248 g/mol. The third-order valence-electron chi connectivity index (χ3n) is 3.86. The number of hydrogen-bond donors (Lipinski definition) is 1. The van der Waals surface area contributed by atoms with E-state index in [0.717, 1.165) is 48.7 Å². The predicted octanol–water partition coefficient (Wildman–Crippen LogP) is 2.54. The molecule has 20 heavy (non-hydrogen) atoms. The molecule has 1 aromatic heterocycles. The van der Waals surface area contributed by atoms with Crippen LogP contribution in [-0.2, 0) is 0 Å². The Balaban J connectivity index is 2.30. The summed E-state index contributed by atoms with van der Waals surface area (Å²) in [6.45, 7) is 9.18. The van der Waals surface area contributed by atoms with Crippen LogP contribution in [0.3, 0.4) is 0 Å². The smallest absolute Gasteiger partial charge is 0.103 e. The molecule has 0 spiro atoms. The number of nitrogens with one attached hydrogen (secondary N) is 1. The molecule has 1 aliphatic heterocycles. The van der Waals surface area contributed by atoms with E-state index in [1.807, 2.05) is 13.8 Å². The summed E-state index contributed by atoms with van der Waals surface area (Å²) in [7, 11) is 0. The molecule has 1 unspecified atom stereocenters. The second-order valence-electron chi connectivity index (χ2n) is 5.59. The number of hydrogen-bond acceptors (Lipinski definition) is 4. The third kappa shape index (κ3) is 3.29. The van der Waals surface area contributed by atoms with E-state index in [1.54, 1.807) is 0 Å². The normalized spacial score (nSPS) is 18.0. The van der Waals surface area contributed by atoms with E-state index in [0.29, 0.717) is 6.04 Å². The van der Waals surface area contributed by atoms with Crippen molar-refractivity contribution in [3.8, 4) is 6.07 Å². The molecule has 0 bridgehead atoms. The Kier molecular flexibility index (Phi) is 4.97. The van der Waals surface area contributed by atoms with Crippen molar-refractivity contribution in [1.29, 1.82) is 5.26 Å². The summed E-state index contributed by atoms with van der Waals surface area (Å²) >= 11 is 0. The largest absolute Gasteiger partial charge is 0.369 e. The molecule has 1 saturated heterocycles. The zero-order valence-corrected chi connectivity index (χ0v) is 12.7. The fraction of sp³-hybridized carbons (Fsp3) is 0.625. The van der Waals surface area contributed by atoms with Crippen molar-refractivity contribution in [1.82, 2.24) is 10.3 Å². The molecule has 108 valence electrons. The molecule has 1 aromatic rings. The highest BCUT2D eigenvalue weighted by Crippen LogP contribution is 2.24. The minimum absolute atomic E-state index is 0.543. The van der Waals surface area contributed by atoms with Gasteiger partial charge in [-0.2, -0.15) is 5.26 Å². The molecule has 4 nitrogen and oxygen atoms in total. The quantitative estimate of drug-likeness (QED) is 0.895. The first kappa shape index (κ1) is 14.8. The van der Waals surface area contributed by atoms with Gasteiger partial charge in [0.1, 0.15) is 6.07 Å². The van der Waals surface area contributed by atoms with Crippen molar-refractivity contribution in [3.63, 3.8) is 0 Å². The predicted molar refractivity (Wildman–Crippen MR) is 82.0 cm³/mol. The lowest BCUT2D eigenvalue weighted by Gasteiger charge is -2.29. The second-order valence-corrected chi connectivity index (χ2v) is 5.59. The molecule has 2 rings (SSSR count). The van der Waals surface area contributed by atoms with Gasteiger partial charge in [-0.3, -0.25) is 4.98 Å². The van der Waals surface area contributed by atoms with E-state index >= 15 is 0 Å². The molecule has 0 radical (unpaired) electrons. The van der Waals surface area contributed by atoms with E-state index < -0.39 is 0 Å². The van der Waals surface area contributed by atoms with Gasteiger partial charge in [-0.25, -0.2) is 0 Å². The van der Waals surface area contributed by atoms with Gasteiger partial charge in [0.05, 0.1) is 16.9 Å². The summed E-state index contributed by atoms with van der Waals surface area (Å²) in [6.07, 6.45) is 3.56. The fourth-order valence-electron chi connectivity index (χ4n) is 2.95. The SMILES string of the molecule is CCCN(CC1CCCN1)c1cc(C)nc(C)c1C#N. The average Bonchev–Trinajstić information content (AvgIpc) is 2.90. The van der Waals surface area contributed by atoms with Gasteiger partial charge in [0.15, 0.2) is 0 Å². The topological polar surface area (TPSA) is 52.0 Å². The molecule has 0 saturated carbocycles. The second kappa shape index (κ2) is 6.71. The highest BCUT2D eigenvalue weighted by atomic mass is 15.2. The lowest BCUT2D eigenvalue weighted by Crippen LogP contribution is -2.38. The van der Waals surface area contributed by atoms with Crippen molar-refractivity contribution in [2.75, 3.05) is 24.5 Å². The number of nitrogens with zero attached hydrogens (tertiary/aromatic N) is 3. The standard InChI is InChI=1S/C16H24N4/c1-4-8-20(11-14-6-5-7-18-14)16-9-12(2)19-13(3)15(16)10-17/h9,14,18H,4-8,11H2,1-3H3. The van der Waals surface area contributed by atoms with Crippen molar-refractivity contribution in [3.05, 3.63) is 23.0 Å². The Morgan fingerprint density at radius 3 is 2.90 bits per heavy atom. The summed E-state index contributed by atoms with van der Waals surface area (Å²) < 4.78 is 0. The van der Waals surface area contributed by atoms with E-state index in [-0.39, 0.29) is 0 Å². The summed E-state index contributed by atoms with van der Waals surface area (Å²) in [4.78, 5) is 6.77. The zero-order chi connectivity index (χ0) is 14.5. The van der Waals surface area contributed by atoms with Gasteiger partial charge < -0.3 is 10.2 Å². The number of anilines is 1. The van der Waals surface area contributed by atoms with E-state index in [1.165, 1.54) is 12.8 Å². The highest BCUT2D eigenvalue weighted by molar-refractivity contribution is 5.61. The minimum atomic E-state index is 0.543. The maximum atomic E-state index is 9.44. The molecule has 1 N–H and O–H groups in total. The molecule has 0 amide bonds. The summed E-state index contributed by atoms with van der Waals surface area (Å²) in [5, 5.41) is 13.0. The van der Waals surface area contributed by atoms with Crippen LogP contribution in [-0.4, -0.2) is 30.7 Å². The average molecular weight is 272 g/mol. The maximum Gasteiger partial charge on any atom is 0.103 e. The van der Waals surface area contributed by atoms with Gasteiger partial charge in [-0.05, 0) is 45.7 Å². The summed E-state index contributed by atoms with van der Waals surface area (Å²) in [6, 6.07) is 4.93. The Bertz CT molecular complexity index is 498. The first-order valence-corrected chi connectivity index (χ1v) is 7.52. The molecular formula is C16H24N4. The molecule has 0 aromatic carbocycles. The molecule has 2 heterocycles. The monoisotopic (exact) mass is 272 g/mol. The summed E-state index contributed by atoms with van der Waals surface area (Å²) in [5.41, 5.74) is 3.59. The number of aryl methyl sites for hydroxylation is 2. The first-order valence-electron chi connectivity index (χ1n) is 7.52. The lowest BCUT2D eigenvalue weighted by molar-refractivity contribution is 0.578. The van der Waals surface area contributed by atoms with Gasteiger partial charge in [0.2, 0.25) is 0 Å². The van der Waals surface area contributed by atoms with Gasteiger partial charge in [0, 0.05) is 24.8 Å². The van der Waals surface area contributed by atoms with Crippen LogP contribution < -0.4 is 10.2 Å². The molecule has 0 aliphatic carbocycles. The van der Waals surface area contributed by atoms with Gasteiger partial charge in [-0.1, -0.05) is 6.92 Å². The number of rotatable bonds is 5. The Morgan fingerprint density at radius 1 is 1.50 bits per heavy atom. The molecule has 1 fully saturated rings. The zero-order valence-electron chi connectivity index (χ0n) is 12.7. The van der Waals surface area contributed by atoms with Crippen LogP contribution in [0.5, 0.6) is 0 Å². The summed E-state index contributed by atoms with van der Waals surface area (Å²) in [5.74, 6) is 0. The Labute approximate surface area is 121 Å². The van der Waals surface area contributed by atoms with E-state index in [9.17, 15) is 5.26 Å². The van der Waals surface area contributed by atoms with Gasteiger partial charge in [0.25, 0.3) is 0 Å². The molecule has 1 atom stereocenters. The number of aromatic nitrogens is 1. The van der Waals surface area contributed by atoms with Gasteiger partial charge in [-0.15, -0.1) is 0 Å². The van der Waals surface area contributed by atoms with Crippen molar-refractivity contribution in [2.24, 2.45) is 0 Å². The molecule has 1 aliphatic rings. The van der Waals surface area contributed by atoms with Crippen LogP contribution >= 0.6 is 0 Å². The van der Waals surface area contributed by atoms with Crippen LogP contribution in [0, 0.1) is 25.2 Å². The van der Waals surface area contributed by atoms with Gasteiger partial charge >= 0.3 is 0 Å². The van der Waals surface area contributed by atoms with Crippen molar-refractivity contribution in [2.45, 2.75) is 46.1 Å². The van der Waals surface area contributed by atoms with E-state index in [2.05, 4.69) is 34.3 Å². The van der Waals surface area contributed by atoms with Crippen molar-refractivity contribution >= 4 is 5.69 Å². The lowest BCUT2D eigenvalue weighted by atomic mass is 10.1. The van der Waals surface area contributed by atoms with Crippen LogP contribution in [0.2, 0.25) is 0 Å². The van der Waals surface area contributed by atoms with Crippen LogP contribution in [0.15, 0.2) is 6.07 Å². The highest BCUT2D eigenvalue weighted by Gasteiger charge is 2.20.